The van der Waals surface area contributed by atoms with Crippen LogP contribution in [-0.4, -0.2) is 5.78 Å². The largest absolute Gasteiger partial charge is 0.299 e. The van der Waals surface area contributed by atoms with Crippen LogP contribution in [0, 0.1) is 5.41 Å². The summed E-state index contributed by atoms with van der Waals surface area (Å²) in [7, 11) is 0. The smallest absolute Gasteiger partial charge is 0.139 e. The Morgan fingerprint density at radius 2 is 2.25 bits per heavy atom. The molecule has 1 nitrogen and oxygen atoms in total. The summed E-state index contributed by atoms with van der Waals surface area (Å²) in [4.78, 5) is 11.7. The molecule has 0 aromatic heterocycles. The SMILES string of the molecule is CC1=CCC2(CCCCC2=O)C1. The van der Waals surface area contributed by atoms with Crippen LogP contribution < -0.4 is 0 Å². The lowest BCUT2D eigenvalue weighted by atomic mass is 9.71. The molecule has 2 aliphatic rings. The zero-order chi connectivity index (χ0) is 8.60. The molecule has 0 heterocycles. The Bertz CT molecular complexity index is 239. The Morgan fingerprint density at radius 3 is 2.83 bits per heavy atom. The molecule has 12 heavy (non-hydrogen) atoms. The molecule has 0 radical (unpaired) electrons. The third-order valence-corrected chi connectivity index (χ3v) is 3.36. The Kier molecular flexibility index (Phi) is 1.82. The highest BCUT2D eigenvalue weighted by Gasteiger charge is 2.41. The van der Waals surface area contributed by atoms with Gasteiger partial charge >= 0.3 is 0 Å². The fourth-order valence-electron chi connectivity index (χ4n) is 2.60. The normalized spacial score (nSPS) is 35.8. The molecule has 2 rings (SSSR count). The highest BCUT2D eigenvalue weighted by molar-refractivity contribution is 5.86. The Morgan fingerprint density at radius 1 is 1.42 bits per heavy atom. The van der Waals surface area contributed by atoms with Gasteiger partial charge in [-0.05, 0) is 32.6 Å². The Labute approximate surface area is 73.8 Å². The van der Waals surface area contributed by atoms with E-state index in [9.17, 15) is 4.79 Å². The molecule has 0 aromatic rings. The molecule has 66 valence electrons. The molecule has 2 aliphatic carbocycles. The lowest BCUT2D eigenvalue weighted by Gasteiger charge is -2.31. The third kappa shape index (κ3) is 1.12. The van der Waals surface area contributed by atoms with Crippen LogP contribution in [0.2, 0.25) is 0 Å². The van der Waals surface area contributed by atoms with E-state index in [0.717, 1.165) is 32.1 Å². The lowest BCUT2D eigenvalue weighted by Crippen LogP contribution is -2.31. The van der Waals surface area contributed by atoms with E-state index in [1.807, 2.05) is 0 Å². The molecule has 1 atom stereocenters. The third-order valence-electron chi connectivity index (χ3n) is 3.36. The van der Waals surface area contributed by atoms with Crippen LogP contribution in [0.5, 0.6) is 0 Å². The zero-order valence-corrected chi connectivity index (χ0v) is 7.73. The number of ketones is 1. The van der Waals surface area contributed by atoms with Gasteiger partial charge in [-0.3, -0.25) is 4.79 Å². The van der Waals surface area contributed by atoms with Crippen molar-refractivity contribution >= 4 is 5.78 Å². The highest BCUT2D eigenvalue weighted by atomic mass is 16.1. The molecule has 0 aliphatic heterocycles. The number of carbonyl (C=O) groups is 1. The van der Waals surface area contributed by atoms with Gasteiger partial charge in [0.1, 0.15) is 5.78 Å². The van der Waals surface area contributed by atoms with Crippen LogP contribution in [0.4, 0.5) is 0 Å². The van der Waals surface area contributed by atoms with E-state index in [-0.39, 0.29) is 5.41 Å². The van der Waals surface area contributed by atoms with Crippen LogP contribution in [0.3, 0.4) is 0 Å². The van der Waals surface area contributed by atoms with E-state index in [2.05, 4.69) is 13.0 Å². The van der Waals surface area contributed by atoms with Gasteiger partial charge in [-0.2, -0.15) is 0 Å². The predicted octanol–water partition coefficient (Wildman–Crippen LogP) is 2.86. The van der Waals surface area contributed by atoms with Gasteiger partial charge in [0.05, 0.1) is 0 Å². The van der Waals surface area contributed by atoms with E-state index in [4.69, 9.17) is 0 Å². The number of carbonyl (C=O) groups excluding carboxylic acids is 1. The number of allylic oxidation sites excluding steroid dienone is 2. The van der Waals surface area contributed by atoms with Crippen molar-refractivity contribution in [1.29, 1.82) is 0 Å². The van der Waals surface area contributed by atoms with Crippen molar-refractivity contribution in [2.24, 2.45) is 5.41 Å². The van der Waals surface area contributed by atoms with Gasteiger partial charge in [0.25, 0.3) is 0 Å². The highest BCUT2D eigenvalue weighted by Crippen LogP contribution is 2.45. The summed E-state index contributed by atoms with van der Waals surface area (Å²) < 4.78 is 0. The number of rotatable bonds is 0. The minimum atomic E-state index is 0.0718. The van der Waals surface area contributed by atoms with Crippen molar-refractivity contribution in [1.82, 2.24) is 0 Å². The lowest BCUT2D eigenvalue weighted by molar-refractivity contribution is -0.130. The van der Waals surface area contributed by atoms with Gasteiger partial charge in [-0.15, -0.1) is 0 Å². The maximum absolute atomic E-state index is 11.7. The first-order valence-electron chi connectivity index (χ1n) is 4.92. The molecule has 0 aromatic carbocycles. The first-order chi connectivity index (χ1) is 5.73. The van der Waals surface area contributed by atoms with E-state index in [1.54, 1.807) is 0 Å². The minimum absolute atomic E-state index is 0.0718. The maximum atomic E-state index is 11.7. The van der Waals surface area contributed by atoms with Gasteiger partial charge < -0.3 is 0 Å². The number of hydrogen-bond acceptors (Lipinski definition) is 1. The monoisotopic (exact) mass is 164 g/mol. The summed E-state index contributed by atoms with van der Waals surface area (Å²) in [5, 5.41) is 0. The summed E-state index contributed by atoms with van der Waals surface area (Å²) in [5.41, 5.74) is 1.49. The first-order valence-corrected chi connectivity index (χ1v) is 4.92. The average Bonchev–Trinajstić information content (AvgIpc) is 2.41. The summed E-state index contributed by atoms with van der Waals surface area (Å²) in [5.74, 6) is 0.529. The molecule has 0 bridgehead atoms. The second kappa shape index (κ2) is 2.72. The van der Waals surface area contributed by atoms with Crippen LogP contribution in [0.25, 0.3) is 0 Å². The fourth-order valence-corrected chi connectivity index (χ4v) is 2.60. The fraction of sp³-hybridized carbons (Fsp3) is 0.727. The quantitative estimate of drug-likeness (QED) is 0.503. The molecule has 0 amide bonds. The molecular weight excluding hydrogens is 148 g/mol. The summed E-state index contributed by atoms with van der Waals surface area (Å²) in [6.45, 7) is 2.15. The summed E-state index contributed by atoms with van der Waals surface area (Å²) >= 11 is 0. The molecule has 0 saturated heterocycles. The van der Waals surface area contributed by atoms with E-state index in [1.165, 1.54) is 12.0 Å². The second-order valence-electron chi connectivity index (χ2n) is 4.34. The van der Waals surface area contributed by atoms with Crippen LogP contribution in [-0.2, 0) is 4.79 Å². The van der Waals surface area contributed by atoms with Gasteiger partial charge in [0.15, 0.2) is 0 Å². The number of hydrogen-bond donors (Lipinski definition) is 0. The van der Waals surface area contributed by atoms with Gasteiger partial charge in [0, 0.05) is 11.8 Å². The van der Waals surface area contributed by atoms with Crippen molar-refractivity contribution in [2.45, 2.75) is 45.4 Å². The first kappa shape index (κ1) is 8.03. The predicted molar refractivity (Wildman–Crippen MR) is 48.9 cm³/mol. The van der Waals surface area contributed by atoms with Crippen molar-refractivity contribution in [3.63, 3.8) is 0 Å². The zero-order valence-electron chi connectivity index (χ0n) is 7.73. The molecule has 1 heteroatoms. The average molecular weight is 164 g/mol. The molecule has 1 unspecified atom stereocenters. The molecular formula is C11H16O. The van der Waals surface area contributed by atoms with Crippen LogP contribution in [0.15, 0.2) is 11.6 Å². The maximum Gasteiger partial charge on any atom is 0.139 e. The van der Waals surface area contributed by atoms with E-state index < -0.39 is 0 Å². The minimum Gasteiger partial charge on any atom is -0.299 e. The molecule has 1 spiro atoms. The van der Waals surface area contributed by atoms with E-state index >= 15 is 0 Å². The standard InChI is InChI=1S/C11H16O/c1-9-5-7-11(8-9)6-3-2-4-10(11)12/h5H,2-4,6-8H2,1H3. The number of Topliss-reactive ketones (excluding diaryl/α,β-unsaturated/α-hetero) is 1. The van der Waals surface area contributed by atoms with Gasteiger partial charge in [-0.1, -0.05) is 18.1 Å². The molecule has 0 N–H and O–H groups in total. The van der Waals surface area contributed by atoms with Crippen LogP contribution >= 0.6 is 0 Å². The molecule has 1 fully saturated rings. The summed E-state index contributed by atoms with van der Waals surface area (Å²) in [6, 6.07) is 0. The van der Waals surface area contributed by atoms with E-state index in [0.29, 0.717) is 5.78 Å². The van der Waals surface area contributed by atoms with Gasteiger partial charge in [0.2, 0.25) is 0 Å². The van der Waals surface area contributed by atoms with Crippen molar-refractivity contribution < 1.29 is 4.79 Å². The van der Waals surface area contributed by atoms with Crippen molar-refractivity contribution in [2.75, 3.05) is 0 Å². The topological polar surface area (TPSA) is 17.1 Å². The Hall–Kier alpha value is -0.590. The Balaban J connectivity index is 2.15. The van der Waals surface area contributed by atoms with Crippen LogP contribution in [0.1, 0.15) is 45.4 Å². The van der Waals surface area contributed by atoms with Crippen molar-refractivity contribution in [3.8, 4) is 0 Å². The van der Waals surface area contributed by atoms with Crippen molar-refractivity contribution in [3.05, 3.63) is 11.6 Å². The summed E-state index contributed by atoms with van der Waals surface area (Å²) in [6.07, 6.45) is 8.68. The van der Waals surface area contributed by atoms with Gasteiger partial charge in [-0.25, -0.2) is 0 Å². The second-order valence-corrected chi connectivity index (χ2v) is 4.34. The molecule has 1 saturated carbocycles.